The van der Waals surface area contributed by atoms with Gasteiger partial charge in [0.05, 0.1) is 4.91 Å². The van der Waals surface area contributed by atoms with Crippen molar-refractivity contribution in [3.8, 4) is 0 Å². The molecule has 0 fully saturated rings. The zero-order valence-electron chi connectivity index (χ0n) is 7.17. The molecule has 2 heterocycles. The van der Waals surface area contributed by atoms with E-state index in [0.29, 0.717) is 4.91 Å². The highest BCUT2D eigenvalue weighted by Crippen LogP contribution is 2.49. The highest BCUT2D eigenvalue weighted by Gasteiger charge is 2.57. The first-order valence-electron chi connectivity index (χ1n) is 3.64. The summed E-state index contributed by atoms with van der Waals surface area (Å²) in [5.41, 5.74) is 3.74. The smallest absolute Gasteiger partial charge is 0.218 e. The molecule has 5 nitrogen and oxygen atoms in total. The number of nitrogens with two attached hydrogens (primary N) is 1. The molecule has 2 rings (SSSR count). The topological polar surface area (TPSA) is 92.8 Å². The van der Waals surface area contributed by atoms with Crippen molar-refractivity contribution < 1.29 is 13.5 Å². The molecule has 3 N–H and O–H groups in total. The van der Waals surface area contributed by atoms with Gasteiger partial charge in [-0.1, -0.05) is 11.8 Å². The summed E-state index contributed by atoms with van der Waals surface area (Å²) in [5.74, 6) is 0. The average molecular weight is 252 g/mol. The maximum Gasteiger partial charge on any atom is 0.218 e. The minimum absolute atomic E-state index is 0.112. The summed E-state index contributed by atoms with van der Waals surface area (Å²) in [5, 5.41) is 11.2. The Morgan fingerprint density at radius 1 is 1.79 bits per heavy atom. The molecule has 8 heteroatoms. The summed E-state index contributed by atoms with van der Waals surface area (Å²) < 4.78 is 22.1. The molecule has 0 bridgehead atoms. The largest absolute Gasteiger partial charge is 0.378 e. The second-order valence-corrected chi connectivity index (χ2v) is 7.06. The van der Waals surface area contributed by atoms with E-state index >= 15 is 0 Å². The van der Waals surface area contributed by atoms with Gasteiger partial charge in [0.25, 0.3) is 0 Å². The van der Waals surface area contributed by atoms with Crippen LogP contribution >= 0.6 is 23.5 Å². The molecule has 0 saturated carbocycles. The van der Waals surface area contributed by atoms with Gasteiger partial charge in [0.1, 0.15) is 0 Å². The third kappa shape index (κ3) is 1.21. The van der Waals surface area contributed by atoms with Gasteiger partial charge in [0, 0.05) is 5.41 Å². The molecule has 2 aliphatic rings. The maximum atomic E-state index is 11.6. The van der Waals surface area contributed by atoms with Crippen molar-refractivity contribution in [2.45, 2.75) is 10.3 Å². The average Bonchev–Trinajstić information content (AvgIpc) is 2.46. The lowest BCUT2D eigenvalue weighted by Gasteiger charge is -2.19. The molecule has 0 aromatic rings. The van der Waals surface area contributed by atoms with Crippen molar-refractivity contribution in [1.82, 2.24) is 0 Å². The van der Waals surface area contributed by atoms with Crippen molar-refractivity contribution in [1.29, 1.82) is 0 Å². The van der Waals surface area contributed by atoms with Gasteiger partial charge < -0.3 is 10.8 Å². The number of sulfone groups is 1. The van der Waals surface area contributed by atoms with Crippen LogP contribution in [0.1, 0.15) is 0 Å². The van der Waals surface area contributed by atoms with E-state index in [4.69, 9.17) is 5.73 Å². The Balaban J connectivity index is 2.58. The third-order valence-corrected chi connectivity index (χ3v) is 6.46. The summed E-state index contributed by atoms with van der Waals surface area (Å²) >= 11 is 2.05. The van der Waals surface area contributed by atoms with Gasteiger partial charge in [0.15, 0.2) is 19.6 Å². The monoisotopic (exact) mass is 252 g/mol. The van der Waals surface area contributed by atoms with Crippen LogP contribution in [0.3, 0.4) is 0 Å². The first kappa shape index (κ1) is 10.3. The molecule has 0 aromatic carbocycles. The lowest BCUT2D eigenvalue weighted by Crippen LogP contribution is -2.35. The second kappa shape index (κ2) is 2.91. The fraction of sp³-hybridized carbons (Fsp3) is 0.500. The fourth-order valence-electron chi connectivity index (χ4n) is 1.40. The van der Waals surface area contributed by atoms with Crippen LogP contribution in [0.2, 0.25) is 0 Å². The predicted octanol–water partition coefficient (Wildman–Crippen LogP) is -0.305. The van der Waals surface area contributed by atoms with E-state index in [0.717, 1.165) is 17.2 Å². The normalized spacial score (nSPS) is 39.1. The summed E-state index contributed by atoms with van der Waals surface area (Å²) in [6.07, 6.45) is 1.69. The number of aliphatic hydroxyl groups is 1. The first-order chi connectivity index (χ1) is 6.40. The zero-order valence-corrected chi connectivity index (χ0v) is 9.62. The van der Waals surface area contributed by atoms with Gasteiger partial charge in [-0.3, -0.25) is 0 Å². The number of nitrogens with zero attached hydrogens (tertiary/aromatic N) is 1. The van der Waals surface area contributed by atoms with Crippen molar-refractivity contribution in [3.63, 3.8) is 0 Å². The van der Waals surface area contributed by atoms with Crippen molar-refractivity contribution in [3.05, 3.63) is 10.3 Å². The van der Waals surface area contributed by atoms with Crippen LogP contribution in [-0.4, -0.2) is 35.3 Å². The third-order valence-electron chi connectivity index (χ3n) is 1.99. The minimum Gasteiger partial charge on any atom is -0.378 e. The van der Waals surface area contributed by atoms with Crippen LogP contribution < -0.4 is 5.73 Å². The van der Waals surface area contributed by atoms with E-state index < -0.39 is 20.1 Å². The Bertz CT molecular complexity index is 441. The van der Waals surface area contributed by atoms with Gasteiger partial charge in [-0.2, -0.15) is 0 Å². The standard InChI is InChI=1S/C6H8N2O3S3/c1-12-3-2-14(10,11)4-6(3,9)8-5(7)13-4/h2,4,9H,1H3,(H2,7,8)/t4-,6-/m0/s1. The number of rotatable bonds is 1. The Labute approximate surface area is 89.8 Å². The van der Waals surface area contributed by atoms with Gasteiger partial charge in [-0.15, -0.1) is 11.8 Å². The van der Waals surface area contributed by atoms with E-state index in [1.165, 1.54) is 11.8 Å². The van der Waals surface area contributed by atoms with E-state index in [1.54, 1.807) is 6.26 Å². The van der Waals surface area contributed by atoms with Gasteiger partial charge in [0.2, 0.25) is 5.72 Å². The molecule has 0 aromatic heterocycles. The molecule has 2 atom stereocenters. The SMILES string of the molecule is CSC1=CS(=O)(=O)[C@@H]2SC(N)=N[C@]12O. The van der Waals surface area contributed by atoms with Crippen molar-refractivity contribution >= 4 is 38.5 Å². The number of aliphatic imine (C=N–C) groups is 1. The van der Waals surface area contributed by atoms with Gasteiger partial charge >= 0.3 is 0 Å². The molecule has 14 heavy (non-hydrogen) atoms. The fourth-order valence-corrected chi connectivity index (χ4v) is 5.79. The molecule has 0 unspecified atom stereocenters. The van der Waals surface area contributed by atoms with Crippen LogP contribution in [0.4, 0.5) is 0 Å². The molecule has 78 valence electrons. The molecule has 0 amide bonds. The lowest BCUT2D eigenvalue weighted by atomic mass is 10.3. The Morgan fingerprint density at radius 3 is 3.00 bits per heavy atom. The Hall–Kier alpha value is -0.180. The van der Waals surface area contributed by atoms with E-state index in [9.17, 15) is 13.5 Å². The molecular weight excluding hydrogens is 244 g/mol. The van der Waals surface area contributed by atoms with Crippen LogP contribution in [-0.2, 0) is 9.84 Å². The second-order valence-electron chi connectivity index (χ2n) is 2.90. The lowest BCUT2D eigenvalue weighted by molar-refractivity contribution is 0.119. The summed E-state index contributed by atoms with van der Waals surface area (Å²) in [4.78, 5) is 4.10. The number of hydrogen-bond donors (Lipinski definition) is 2. The quantitative estimate of drug-likeness (QED) is 0.665. The number of amidine groups is 1. The molecule has 2 aliphatic heterocycles. The number of fused-ring (bicyclic) bond motifs is 1. The minimum atomic E-state index is -3.44. The molecule has 0 saturated heterocycles. The molecule has 0 spiro atoms. The maximum absolute atomic E-state index is 11.6. The van der Waals surface area contributed by atoms with Crippen LogP contribution in [0.5, 0.6) is 0 Å². The Kier molecular flexibility index (Phi) is 2.15. The first-order valence-corrected chi connectivity index (χ1v) is 7.36. The van der Waals surface area contributed by atoms with E-state index in [2.05, 4.69) is 4.99 Å². The van der Waals surface area contributed by atoms with Gasteiger partial charge in [-0.25, -0.2) is 13.4 Å². The highest BCUT2D eigenvalue weighted by atomic mass is 32.3. The highest BCUT2D eigenvalue weighted by molar-refractivity contribution is 8.24. The summed E-state index contributed by atoms with van der Waals surface area (Å²) in [6.45, 7) is 0. The molecular formula is C6H8N2O3S3. The van der Waals surface area contributed by atoms with E-state index in [1.807, 2.05) is 0 Å². The number of thioether (sulfide) groups is 2. The van der Waals surface area contributed by atoms with Gasteiger partial charge in [-0.05, 0) is 6.26 Å². The van der Waals surface area contributed by atoms with E-state index in [-0.39, 0.29) is 5.17 Å². The van der Waals surface area contributed by atoms with Crippen LogP contribution in [0.15, 0.2) is 15.3 Å². The van der Waals surface area contributed by atoms with Crippen molar-refractivity contribution in [2.75, 3.05) is 6.26 Å². The van der Waals surface area contributed by atoms with Crippen molar-refractivity contribution in [2.24, 2.45) is 10.7 Å². The summed E-state index contributed by atoms with van der Waals surface area (Å²) in [7, 11) is -3.44. The Morgan fingerprint density at radius 2 is 2.43 bits per heavy atom. The summed E-state index contributed by atoms with van der Waals surface area (Å²) in [6, 6.07) is 0. The number of hydrogen-bond acceptors (Lipinski definition) is 7. The molecule has 0 radical (unpaired) electrons. The predicted molar refractivity (Wildman–Crippen MR) is 58.5 cm³/mol. The van der Waals surface area contributed by atoms with Crippen LogP contribution in [0, 0.1) is 0 Å². The zero-order chi connectivity index (χ0) is 10.6. The van der Waals surface area contributed by atoms with Crippen LogP contribution in [0.25, 0.3) is 0 Å². The molecule has 0 aliphatic carbocycles.